The molecule has 0 aliphatic carbocycles. The van der Waals surface area contributed by atoms with E-state index in [0.29, 0.717) is 46.1 Å². The maximum absolute atomic E-state index is 10.9. The number of carbonyl (C=O) groups is 1. The molecule has 0 atom stereocenters. The Labute approximate surface area is 124 Å². The van der Waals surface area contributed by atoms with Crippen molar-refractivity contribution in [3.8, 4) is 0 Å². The maximum atomic E-state index is 10.9. The van der Waals surface area contributed by atoms with Gasteiger partial charge in [-0.25, -0.2) is 0 Å². The monoisotopic (exact) mass is 297 g/mol. The molecule has 0 radical (unpaired) electrons. The van der Waals surface area contributed by atoms with Crippen LogP contribution < -0.4 is 5.73 Å². The van der Waals surface area contributed by atoms with Gasteiger partial charge < -0.3 is 20.3 Å². The molecule has 118 valence electrons. The van der Waals surface area contributed by atoms with Gasteiger partial charge in [-0.1, -0.05) is 6.07 Å². The molecule has 7 heteroatoms. The van der Waals surface area contributed by atoms with Gasteiger partial charge in [0.25, 0.3) is 0 Å². The van der Waals surface area contributed by atoms with Crippen molar-refractivity contribution in [2.75, 3.05) is 46.1 Å². The van der Waals surface area contributed by atoms with Crippen molar-refractivity contribution in [1.29, 1.82) is 0 Å². The summed E-state index contributed by atoms with van der Waals surface area (Å²) in [5.74, 6) is -0.864. The second-order valence-corrected chi connectivity index (χ2v) is 4.44. The number of nitrogens with zero attached hydrogens (tertiary/aromatic N) is 2. The summed E-state index contributed by atoms with van der Waals surface area (Å²) in [6.07, 6.45) is 1.69. The number of carboxylic acids is 1. The first-order valence-electron chi connectivity index (χ1n) is 6.92. The fraction of sp³-hybridized carbons (Fsp3) is 0.571. The summed E-state index contributed by atoms with van der Waals surface area (Å²) in [6.45, 7) is 3.42. The lowest BCUT2D eigenvalue weighted by Gasteiger charge is -2.19. The lowest BCUT2D eigenvalue weighted by atomic mass is 10.3. The Morgan fingerprint density at radius 3 is 2.62 bits per heavy atom. The molecular weight excluding hydrogens is 274 g/mol. The van der Waals surface area contributed by atoms with Gasteiger partial charge in [-0.3, -0.25) is 14.7 Å². The lowest BCUT2D eigenvalue weighted by Crippen LogP contribution is -2.33. The first kappa shape index (κ1) is 17.5. The quantitative estimate of drug-likeness (QED) is 0.522. The highest BCUT2D eigenvalue weighted by Crippen LogP contribution is 2.01. The van der Waals surface area contributed by atoms with Crippen LogP contribution in [0.2, 0.25) is 0 Å². The van der Waals surface area contributed by atoms with Crippen molar-refractivity contribution in [3.63, 3.8) is 0 Å². The molecule has 0 saturated heterocycles. The first-order valence-corrected chi connectivity index (χ1v) is 6.92. The predicted octanol–water partition coefficient (Wildman–Crippen LogP) is -0.0399. The molecule has 0 fully saturated rings. The zero-order valence-electron chi connectivity index (χ0n) is 12.1. The van der Waals surface area contributed by atoms with Crippen LogP contribution in [0.5, 0.6) is 0 Å². The number of aliphatic carboxylic acids is 1. The number of rotatable bonds is 12. The minimum Gasteiger partial charge on any atom is -0.480 e. The minimum atomic E-state index is -0.864. The molecule has 0 spiro atoms. The van der Waals surface area contributed by atoms with Crippen molar-refractivity contribution in [1.82, 2.24) is 9.88 Å². The van der Waals surface area contributed by atoms with Crippen molar-refractivity contribution >= 4 is 5.97 Å². The number of hydrogen-bond acceptors (Lipinski definition) is 6. The van der Waals surface area contributed by atoms with Crippen LogP contribution >= 0.6 is 0 Å². The molecule has 1 heterocycles. The lowest BCUT2D eigenvalue weighted by molar-refractivity contribution is -0.138. The molecule has 0 saturated carbocycles. The molecular formula is C14H23N3O4. The molecule has 0 amide bonds. The Hall–Kier alpha value is -1.54. The molecule has 1 rings (SSSR count). The van der Waals surface area contributed by atoms with E-state index in [2.05, 4.69) is 4.98 Å². The van der Waals surface area contributed by atoms with Crippen LogP contribution in [-0.4, -0.2) is 67.0 Å². The molecule has 0 bridgehead atoms. The van der Waals surface area contributed by atoms with E-state index in [0.717, 1.165) is 5.69 Å². The summed E-state index contributed by atoms with van der Waals surface area (Å²) >= 11 is 0. The van der Waals surface area contributed by atoms with Crippen molar-refractivity contribution in [2.24, 2.45) is 5.73 Å². The van der Waals surface area contributed by atoms with E-state index >= 15 is 0 Å². The maximum Gasteiger partial charge on any atom is 0.317 e. The molecule has 1 aromatic rings. The van der Waals surface area contributed by atoms with Gasteiger partial charge in [0, 0.05) is 25.8 Å². The van der Waals surface area contributed by atoms with Crippen molar-refractivity contribution in [2.45, 2.75) is 6.54 Å². The van der Waals surface area contributed by atoms with E-state index < -0.39 is 5.97 Å². The molecule has 0 aliphatic rings. The van der Waals surface area contributed by atoms with E-state index in [1.165, 1.54) is 0 Å². The Morgan fingerprint density at radius 2 is 2.00 bits per heavy atom. The Balaban J connectivity index is 2.25. The molecule has 21 heavy (non-hydrogen) atoms. The Bertz CT molecular complexity index is 389. The fourth-order valence-corrected chi connectivity index (χ4v) is 1.73. The first-order chi connectivity index (χ1) is 10.2. The Morgan fingerprint density at radius 1 is 1.24 bits per heavy atom. The number of aromatic nitrogens is 1. The second-order valence-electron chi connectivity index (χ2n) is 4.44. The summed E-state index contributed by atoms with van der Waals surface area (Å²) in [4.78, 5) is 16.9. The van der Waals surface area contributed by atoms with Crippen molar-refractivity contribution < 1.29 is 19.4 Å². The fourth-order valence-electron chi connectivity index (χ4n) is 1.73. The second kappa shape index (κ2) is 11.2. The van der Waals surface area contributed by atoms with E-state index in [1.807, 2.05) is 18.2 Å². The third kappa shape index (κ3) is 9.09. The highest BCUT2D eigenvalue weighted by Gasteiger charge is 2.10. The SMILES string of the molecule is NCCOCCOCCN(CC(=O)O)Cc1ccccn1. The van der Waals surface area contributed by atoms with Crippen molar-refractivity contribution in [3.05, 3.63) is 30.1 Å². The van der Waals surface area contributed by atoms with Gasteiger partial charge >= 0.3 is 5.97 Å². The number of nitrogens with two attached hydrogens (primary N) is 1. The highest BCUT2D eigenvalue weighted by atomic mass is 16.5. The van der Waals surface area contributed by atoms with E-state index in [-0.39, 0.29) is 6.54 Å². The zero-order chi connectivity index (χ0) is 15.3. The number of pyridine rings is 1. The van der Waals surface area contributed by atoms with E-state index in [1.54, 1.807) is 11.1 Å². The average molecular weight is 297 g/mol. The Kier molecular flexibility index (Phi) is 9.30. The predicted molar refractivity (Wildman–Crippen MR) is 77.8 cm³/mol. The molecule has 1 aromatic heterocycles. The van der Waals surface area contributed by atoms with Gasteiger partial charge in [-0.15, -0.1) is 0 Å². The molecule has 0 aromatic carbocycles. The van der Waals surface area contributed by atoms with Gasteiger partial charge in [-0.05, 0) is 12.1 Å². The minimum absolute atomic E-state index is 0.0381. The third-order valence-corrected chi connectivity index (χ3v) is 2.66. The van der Waals surface area contributed by atoms with Crippen LogP contribution in [0.25, 0.3) is 0 Å². The van der Waals surface area contributed by atoms with Crippen LogP contribution in [0.1, 0.15) is 5.69 Å². The number of carboxylic acid groups (broad SMARTS) is 1. The van der Waals surface area contributed by atoms with E-state index in [4.69, 9.17) is 20.3 Å². The van der Waals surface area contributed by atoms with Gasteiger partial charge in [0.2, 0.25) is 0 Å². The highest BCUT2D eigenvalue weighted by molar-refractivity contribution is 5.69. The summed E-state index contributed by atoms with van der Waals surface area (Å²) in [5.41, 5.74) is 6.13. The number of ether oxygens (including phenoxy) is 2. The van der Waals surface area contributed by atoms with Crippen LogP contribution in [-0.2, 0) is 20.8 Å². The smallest absolute Gasteiger partial charge is 0.317 e. The summed E-state index contributed by atoms with van der Waals surface area (Å²) < 4.78 is 10.6. The van der Waals surface area contributed by atoms with Crippen LogP contribution in [0.4, 0.5) is 0 Å². The van der Waals surface area contributed by atoms with Gasteiger partial charge in [-0.2, -0.15) is 0 Å². The number of hydrogen-bond donors (Lipinski definition) is 2. The normalized spacial score (nSPS) is 11.0. The molecule has 7 nitrogen and oxygen atoms in total. The summed E-state index contributed by atoms with van der Waals surface area (Å²) in [7, 11) is 0. The van der Waals surface area contributed by atoms with Crippen LogP contribution in [0.3, 0.4) is 0 Å². The standard InChI is InChI=1S/C14H23N3O4/c15-4-7-20-9-10-21-8-6-17(12-14(18)19)11-13-3-1-2-5-16-13/h1-3,5H,4,6-12,15H2,(H,18,19). The third-order valence-electron chi connectivity index (χ3n) is 2.66. The topological polar surface area (TPSA) is 97.9 Å². The van der Waals surface area contributed by atoms with Gasteiger partial charge in [0.05, 0.1) is 38.7 Å². The zero-order valence-corrected chi connectivity index (χ0v) is 12.1. The van der Waals surface area contributed by atoms with Gasteiger partial charge in [0.15, 0.2) is 0 Å². The van der Waals surface area contributed by atoms with Crippen LogP contribution in [0.15, 0.2) is 24.4 Å². The summed E-state index contributed by atoms with van der Waals surface area (Å²) in [6, 6.07) is 5.58. The van der Waals surface area contributed by atoms with Gasteiger partial charge in [0.1, 0.15) is 0 Å². The molecule has 0 aliphatic heterocycles. The average Bonchev–Trinajstić information content (AvgIpc) is 2.46. The largest absolute Gasteiger partial charge is 0.480 e. The molecule has 0 unspecified atom stereocenters. The summed E-state index contributed by atoms with van der Waals surface area (Å²) in [5, 5.41) is 8.93. The van der Waals surface area contributed by atoms with Crippen LogP contribution in [0, 0.1) is 0 Å². The molecule has 3 N–H and O–H groups in total. The van der Waals surface area contributed by atoms with E-state index in [9.17, 15) is 4.79 Å².